The van der Waals surface area contributed by atoms with Crippen LogP contribution in [-0.2, 0) is 14.3 Å². The van der Waals surface area contributed by atoms with Gasteiger partial charge in [-0.2, -0.15) is 0 Å². The highest BCUT2D eigenvalue weighted by Gasteiger charge is 2.10. The van der Waals surface area contributed by atoms with Gasteiger partial charge in [-0.25, -0.2) is 4.79 Å². The topological polar surface area (TPSA) is 108 Å². The van der Waals surface area contributed by atoms with Crippen LogP contribution < -0.4 is 10.1 Å². The lowest BCUT2D eigenvalue weighted by Crippen LogP contribution is -2.23. The van der Waals surface area contributed by atoms with Gasteiger partial charge in [0.25, 0.3) is 11.6 Å². The number of carbonyl (C=O) groups excluding carboxylic acids is 2. The van der Waals surface area contributed by atoms with E-state index in [9.17, 15) is 19.7 Å². The Labute approximate surface area is 159 Å². The third-order valence-electron chi connectivity index (χ3n) is 3.80. The van der Waals surface area contributed by atoms with Gasteiger partial charge in [-0.05, 0) is 35.0 Å². The second-order valence-corrected chi connectivity index (χ2v) is 5.81. The maximum atomic E-state index is 11.9. The van der Waals surface area contributed by atoms with Crippen molar-refractivity contribution in [2.75, 3.05) is 18.5 Å². The Balaban J connectivity index is 1.44. The van der Waals surface area contributed by atoms with Crippen LogP contribution in [0.25, 0.3) is 10.8 Å². The summed E-state index contributed by atoms with van der Waals surface area (Å²) in [6.45, 7) is -0.865. The van der Waals surface area contributed by atoms with Gasteiger partial charge in [-0.3, -0.25) is 14.9 Å². The van der Waals surface area contributed by atoms with Crippen molar-refractivity contribution in [3.05, 3.63) is 76.8 Å². The predicted molar refractivity (Wildman–Crippen MR) is 102 cm³/mol. The molecule has 0 fully saturated rings. The lowest BCUT2D eigenvalue weighted by Gasteiger charge is -2.08. The van der Waals surface area contributed by atoms with Crippen LogP contribution >= 0.6 is 0 Å². The molecule has 0 aliphatic heterocycles. The van der Waals surface area contributed by atoms with Crippen molar-refractivity contribution in [3.63, 3.8) is 0 Å². The summed E-state index contributed by atoms with van der Waals surface area (Å²) in [6, 6.07) is 18.5. The molecule has 3 aromatic carbocycles. The molecule has 0 aromatic heterocycles. The highest BCUT2D eigenvalue weighted by Crippen LogP contribution is 2.19. The number of rotatable bonds is 7. The molecule has 0 heterocycles. The van der Waals surface area contributed by atoms with E-state index in [4.69, 9.17) is 9.47 Å². The number of nitrogens with one attached hydrogen (secondary N) is 1. The second kappa shape index (κ2) is 8.63. The van der Waals surface area contributed by atoms with Crippen LogP contribution in [0.5, 0.6) is 5.75 Å². The van der Waals surface area contributed by atoms with Crippen molar-refractivity contribution in [3.8, 4) is 5.75 Å². The van der Waals surface area contributed by atoms with Crippen LogP contribution in [0.15, 0.2) is 66.7 Å². The van der Waals surface area contributed by atoms with Gasteiger partial charge in [0.05, 0.1) is 4.92 Å². The van der Waals surface area contributed by atoms with E-state index in [2.05, 4.69) is 5.32 Å². The van der Waals surface area contributed by atoms with Gasteiger partial charge in [-0.15, -0.1) is 0 Å². The van der Waals surface area contributed by atoms with Gasteiger partial charge in [0, 0.05) is 17.8 Å². The van der Waals surface area contributed by atoms with Gasteiger partial charge < -0.3 is 14.8 Å². The van der Waals surface area contributed by atoms with Crippen LogP contribution in [-0.4, -0.2) is 30.0 Å². The SMILES string of the molecule is O=C(COC(=O)COc1ccc([N+](=O)[O-])cc1)Nc1ccc2ccccc2c1. The molecular formula is C20H16N2O6. The normalized spacial score (nSPS) is 10.3. The summed E-state index contributed by atoms with van der Waals surface area (Å²) in [5, 5.41) is 15.3. The lowest BCUT2D eigenvalue weighted by molar-refractivity contribution is -0.384. The first-order valence-corrected chi connectivity index (χ1v) is 8.33. The summed E-state index contributed by atoms with van der Waals surface area (Å²) in [7, 11) is 0. The van der Waals surface area contributed by atoms with Crippen molar-refractivity contribution in [1.29, 1.82) is 0 Å². The van der Waals surface area contributed by atoms with Crippen molar-refractivity contribution in [2.24, 2.45) is 0 Å². The number of hydrogen-bond acceptors (Lipinski definition) is 6. The smallest absolute Gasteiger partial charge is 0.344 e. The molecule has 0 saturated carbocycles. The van der Waals surface area contributed by atoms with Crippen LogP contribution in [0, 0.1) is 10.1 Å². The molecular weight excluding hydrogens is 364 g/mol. The fourth-order valence-corrected chi connectivity index (χ4v) is 2.46. The first-order valence-electron chi connectivity index (χ1n) is 8.33. The highest BCUT2D eigenvalue weighted by atomic mass is 16.6. The lowest BCUT2D eigenvalue weighted by atomic mass is 10.1. The van der Waals surface area contributed by atoms with E-state index >= 15 is 0 Å². The molecule has 28 heavy (non-hydrogen) atoms. The van der Waals surface area contributed by atoms with E-state index in [0.717, 1.165) is 10.8 Å². The van der Waals surface area contributed by atoms with E-state index < -0.39 is 30.0 Å². The van der Waals surface area contributed by atoms with Gasteiger partial charge in [0.1, 0.15) is 5.75 Å². The minimum atomic E-state index is -0.730. The van der Waals surface area contributed by atoms with Crippen molar-refractivity contribution >= 4 is 34.0 Å². The molecule has 8 nitrogen and oxygen atoms in total. The Morgan fingerprint density at radius 2 is 1.64 bits per heavy atom. The van der Waals surface area contributed by atoms with Crippen LogP contribution in [0.1, 0.15) is 0 Å². The summed E-state index contributed by atoms with van der Waals surface area (Å²) >= 11 is 0. The molecule has 0 aliphatic carbocycles. The van der Waals surface area contributed by atoms with Crippen molar-refractivity contribution < 1.29 is 24.0 Å². The third-order valence-corrected chi connectivity index (χ3v) is 3.80. The summed E-state index contributed by atoms with van der Waals surface area (Å²) in [5.41, 5.74) is 0.516. The Morgan fingerprint density at radius 1 is 0.929 bits per heavy atom. The van der Waals surface area contributed by atoms with E-state index in [0.29, 0.717) is 5.69 Å². The number of ether oxygens (including phenoxy) is 2. The molecule has 0 unspecified atom stereocenters. The van der Waals surface area contributed by atoms with E-state index in [1.807, 2.05) is 36.4 Å². The predicted octanol–water partition coefficient (Wildman–Crippen LogP) is 3.31. The molecule has 3 aromatic rings. The average molecular weight is 380 g/mol. The standard InChI is InChI=1S/C20H16N2O6/c23-19(21-16-6-5-14-3-1-2-4-15(14)11-16)12-28-20(24)13-27-18-9-7-17(8-10-18)22(25)26/h1-11H,12-13H2,(H,21,23). The van der Waals surface area contributed by atoms with Crippen LogP contribution in [0.4, 0.5) is 11.4 Å². The molecule has 142 valence electrons. The Kier molecular flexibility index (Phi) is 5.81. The third kappa shape index (κ3) is 5.04. The fraction of sp³-hybridized carbons (Fsp3) is 0.100. The first-order chi connectivity index (χ1) is 13.5. The molecule has 1 amide bonds. The number of nitro benzene ring substituents is 1. The number of benzene rings is 3. The summed E-state index contributed by atoms with van der Waals surface area (Å²) in [6.07, 6.45) is 0. The molecule has 8 heteroatoms. The second-order valence-electron chi connectivity index (χ2n) is 5.81. The first kappa shape index (κ1) is 18.8. The Hall–Kier alpha value is -3.94. The molecule has 3 rings (SSSR count). The molecule has 0 aliphatic rings. The molecule has 1 N–H and O–H groups in total. The van der Waals surface area contributed by atoms with Crippen LogP contribution in [0.2, 0.25) is 0 Å². The summed E-state index contributed by atoms with van der Waals surface area (Å²) < 4.78 is 10.0. The Morgan fingerprint density at radius 3 is 2.36 bits per heavy atom. The zero-order valence-electron chi connectivity index (χ0n) is 14.7. The minimum Gasteiger partial charge on any atom is -0.482 e. The summed E-state index contributed by atoms with van der Waals surface area (Å²) in [4.78, 5) is 33.7. The quantitative estimate of drug-likeness (QED) is 0.383. The van der Waals surface area contributed by atoms with Gasteiger partial charge >= 0.3 is 5.97 Å². The minimum absolute atomic E-state index is 0.0831. The van der Waals surface area contributed by atoms with E-state index in [1.165, 1.54) is 24.3 Å². The average Bonchev–Trinajstić information content (AvgIpc) is 2.71. The maximum Gasteiger partial charge on any atom is 0.344 e. The van der Waals surface area contributed by atoms with Gasteiger partial charge in [0.15, 0.2) is 13.2 Å². The highest BCUT2D eigenvalue weighted by molar-refractivity contribution is 5.95. The number of nitrogens with zero attached hydrogens (tertiary/aromatic N) is 1. The monoisotopic (exact) mass is 380 g/mol. The number of amides is 1. The van der Waals surface area contributed by atoms with E-state index in [-0.39, 0.29) is 11.4 Å². The molecule has 0 saturated heterocycles. The van der Waals surface area contributed by atoms with Gasteiger partial charge in [0.2, 0.25) is 0 Å². The Bertz CT molecular complexity index is 1020. The molecule has 0 radical (unpaired) electrons. The largest absolute Gasteiger partial charge is 0.482 e. The van der Waals surface area contributed by atoms with Crippen molar-refractivity contribution in [1.82, 2.24) is 0 Å². The number of anilines is 1. The number of fused-ring (bicyclic) bond motifs is 1. The molecule has 0 spiro atoms. The fourth-order valence-electron chi connectivity index (χ4n) is 2.46. The summed E-state index contributed by atoms with van der Waals surface area (Å²) in [5.74, 6) is -0.922. The van der Waals surface area contributed by atoms with Gasteiger partial charge in [-0.1, -0.05) is 30.3 Å². The van der Waals surface area contributed by atoms with E-state index in [1.54, 1.807) is 6.07 Å². The number of hydrogen-bond donors (Lipinski definition) is 1. The number of non-ortho nitro benzene ring substituents is 1. The zero-order valence-corrected chi connectivity index (χ0v) is 14.7. The van der Waals surface area contributed by atoms with Crippen LogP contribution in [0.3, 0.4) is 0 Å². The number of esters is 1. The number of carbonyl (C=O) groups is 2. The zero-order chi connectivity index (χ0) is 19.9. The maximum absolute atomic E-state index is 11.9. The molecule has 0 bridgehead atoms. The number of nitro groups is 1. The molecule has 0 atom stereocenters. The van der Waals surface area contributed by atoms with Crippen molar-refractivity contribution in [2.45, 2.75) is 0 Å².